The van der Waals surface area contributed by atoms with Crippen molar-refractivity contribution in [3.63, 3.8) is 0 Å². The fourth-order valence-corrected chi connectivity index (χ4v) is 9.87. The minimum absolute atomic E-state index is 0.0547. The van der Waals surface area contributed by atoms with Gasteiger partial charge in [-0.3, -0.25) is 0 Å². The van der Waals surface area contributed by atoms with Crippen molar-refractivity contribution in [1.82, 2.24) is 10.2 Å². The summed E-state index contributed by atoms with van der Waals surface area (Å²) in [4.78, 5) is 39.5. The number of hydrogen-bond acceptors (Lipinski definition) is 7. The van der Waals surface area contributed by atoms with Gasteiger partial charge < -0.3 is 0 Å². The van der Waals surface area contributed by atoms with E-state index in [2.05, 4.69) is 78.1 Å². The Kier molecular flexibility index (Phi) is 12.3. The SMILES string of the molecule is CN(CC(=O)OCCC[PH](c1ccccc1)(c1ccccc1)c1ccccc1)/C(=C/C(=O)OC(C)(C)C)NC(=O)OC(C)(C)C. The van der Waals surface area contributed by atoms with E-state index in [9.17, 15) is 14.4 Å². The number of benzene rings is 3. The summed E-state index contributed by atoms with van der Waals surface area (Å²) < 4.78 is 16.4. The molecule has 0 saturated heterocycles. The van der Waals surface area contributed by atoms with Gasteiger partial charge in [-0.25, -0.2) is 0 Å². The summed E-state index contributed by atoms with van der Waals surface area (Å²) in [5, 5.41) is 6.43. The average Bonchev–Trinajstić information content (AvgIpc) is 2.96. The van der Waals surface area contributed by atoms with Crippen LogP contribution in [0.1, 0.15) is 48.0 Å². The number of likely N-dealkylation sites (N-methyl/N-ethyl adjacent to an activating group) is 1. The molecule has 45 heavy (non-hydrogen) atoms. The van der Waals surface area contributed by atoms with Crippen LogP contribution in [-0.4, -0.2) is 60.5 Å². The molecule has 0 bridgehead atoms. The summed E-state index contributed by atoms with van der Waals surface area (Å²) in [6.07, 6.45) is 1.85. The van der Waals surface area contributed by atoms with Gasteiger partial charge in [-0.1, -0.05) is 0 Å². The molecule has 1 N–H and O–H groups in total. The third kappa shape index (κ3) is 11.1. The molecule has 3 aromatic rings. The second-order valence-electron chi connectivity index (χ2n) is 12.9. The summed E-state index contributed by atoms with van der Waals surface area (Å²) in [5.74, 6) is -1.11. The van der Waals surface area contributed by atoms with E-state index in [0.29, 0.717) is 6.42 Å². The van der Waals surface area contributed by atoms with Crippen LogP contribution >= 0.6 is 7.26 Å². The molecule has 3 rings (SSSR count). The van der Waals surface area contributed by atoms with E-state index in [1.807, 2.05) is 18.2 Å². The van der Waals surface area contributed by atoms with Crippen LogP contribution in [-0.2, 0) is 23.8 Å². The molecule has 0 atom stereocenters. The molecule has 1 amide bonds. The molecule has 242 valence electrons. The van der Waals surface area contributed by atoms with Gasteiger partial charge in [-0.05, 0) is 41.5 Å². The fraction of sp³-hybridized carbons (Fsp3) is 0.361. The van der Waals surface area contributed by atoms with Gasteiger partial charge >= 0.3 is 227 Å². The number of hydrogen-bond donors (Lipinski definition) is 1. The maximum absolute atomic E-state index is 13.0. The molecule has 0 heterocycles. The Bertz CT molecular complexity index is 1330. The van der Waals surface area contributed by atoms with Crippen molar-refractivity contribution in [3.8, 4) is 0 Å². The van der Waals surface area contributed by atoms with E-state index in [-0.39, 0.29) is 19.0 Å². The Morgan fingerprint density at radius 1 is 0.733 bits per heavy atom. The first-order chi connectivity index (χ1) is 21.2. The van der Waals surface area contributed by atoms with Crippen LogP contribution in [0.25, 0.3) is 0 Å². The first-order valence-corrected chi connectivity index (χ1v) is 17.4. The van der Waals surface area contributed by atoms with Gasteiger partial charge in [0.05, 0.1) is 0 Å². The number of alkyl carbamates (subject to hydrolysis) is 1. The molecular formula is C36H47N2O6P. The zero-order valence-electron chi connectivity index (χ0n) is 27.5. The molecule has 0 aliphatic rings. The van der Waals surface area contributed by atoms with E-state index >= 15 is 0 Å². The Morgan fingerprint density at radius 3 is 1.60 bits per heavy atom. The van der Waals surface area contributed by atoms with Crippen LogP contribution in [0.2, 0.25) is 0 Å². The molecule has 0 spiro atoms. The van der Waals surface area contributed by atoms with Crippen molar-refractivity contribution >= 4 is 41.2 Å². The second-order valence-corrected chi connectivity index (χ2v) is 16.9. The van der Waals surface area contributed by atoms with Gasteiger partial charge in [0.25, 0.3) is 0 Å². The van der Waals surface area contributed by atoms with Crippen molar-refractivity contribution in [2.45, 2.75) is 59.2 Å². The third-order valence-corrected chi connectivity index (χ3v) is 11.9. The van der Waals surface area contributed by atoms with Crippen molar-refractivity contribution < 1.29 is 28.6 Å². The van der Waals surface area contributed by atoms with Gasteiger partial charge in [-0.15, -0.1) is 0 Å². The van der Waals surface area contributed by atoms with Crippen LogP contribution in [0, 0.1) is 0 Å². The summed E-state index contributed by atoms with van der Waals surface area (Å²) in [7, 11) is -0.869. The number of rotatable bonds is 12. The van der Waals surface area contributed by atoms with Crippen LogP contribution < -0.4 is 21.2 Å². The zero-order chi connectivity index (χ0) is 33.1. The first kappa shape index (κ1) is 35.3. The Hall–Kier alpha value is -4.16. The van der Waals surface area contributed by atoms with Crippen molar-refractivity contribution in [3.05, 3.63) is 103 Å². The molecule has 0 unspecified atom stereocenters. The quantitative estimate of drug-likeness (QED) is 0.0952. The van der Waals surface area contributed by atoms with Crippen molar-refractivity contribution in [2.75, 3.05) is 26.4 Å². The minimum Gasteiger partial charge on any atom is -0.0253 e. The Morgan fingerprint density at radius 2 is 1.18 bits per heavy atom. The minimum atomic E-state index is -2.45. The number of nitrogens with one attached hydrogen (secondary N) is 1. The fourth-order valence-electron chi connectivity index (χ4n) is 5.04. The molecule has 0 aliphatic carbocycles. The molecule has 0 saturated carbocycles. The Balaban J connectivity index is 1.74. The van der Waals surface area contributed by atoms with Gasteiger partial charge in [0.15, 0.2) is 0 Å². The molecule has 3 aromatic carbocycles. The maximum atomic E-state index is 13.0. The second kappa shape index (κ2) is 15.7. The summed E-state index contributed by atoms with van der Waals surface area (Å²) >= 11 is 0. The number of carbonyl (C=O) groups excluding carboxylic acids is 3. The Labute approximate surface area is 268 Å². The monoisotopic (exact) mass is 634 g/mol. The van der Waals surface area contributed by atoms with E-state index in [0.717, 1.165) is 12.2 Å². The van der Waals surface area contributed by atoms with E-state index < -0.39 is 36.5 Å². The molecule has 9 heteroatoms. The van der Waals surface area contributed by atoms with E-state index in [1.54, 1.807) is 48.6 Å². The molecule has 8 nitrogen and oxygen atoms in total. The average molecular weight is 635 g/mol. The first-order valence-electron chi connectivity index (χ1n) is 15.2. The molecule has 0 radical (unpaired) electrons. The standard InChI is InChI=1S/C36H47N2O6P/c1-35(2,3)43-32(39)26-31(37-34(41)44-36(4,5)6)38(7)27-33(40)42-24-17-25-45(28-18-11-8-12-19-28,29-20-13-9-14-21-29)30-22-15-10-16-23-30/h8-16,18-23,26,45H,17,24-25,27H2,1-7H3,(H,37,41)/b31-26+. The van der Waals surface area contributed by atoms with E-state index in [4.69, 9.17) is 14.2 Å². The van der Waals surface area contributed by atoms with Crippen LogP contribution in [0.4, 0.5) is 4.79 Å². The van der Waals surface area contributed by atoms with E-state index in [1.165, 1.54) is 20.8 Å². The number of carbonyl (C=O) groups is 3. The van der Waals surface area contributed by atoms with Gasteiger partial charge in [0.2, 0.25) is 0 Å². The summed E-state index contributed by atoms with van der Waals surface area (Å²) in [6.45, 7) is 10.4. The van der Waals surface area contributed by atoms with Crippen LogP contribution in [0.5, 0.6) is 0 Å². The molecular weight excluding hydrogens is 587 g/mol. The molecule has 0 aliphatic heterocycles. The smallest absolute Gasteiger partial charge is 0.0253 e. The summed E-state index contributed by atoms with van der Waals surface area (Å²) in [6, 6.07) is 31.7. The van der Waals surface area contributed by atoms with Gasteiger partial charge in [0, 0.05) is 0 Å². The molecule has 0 aromatic heterocycles. The van der Waals surface area contributed by atoms with Crippen LogP contribution in [0.15, 0.2) is 103 Å². The normalized spacial score (nSPS) is 12.6. The number of esters is 2. The van der Waals surface area contributed by atoms with Gasteiger partial charge in [0.1, 0.15) is 0 Å². The predicted molar refractivity (Wildman–Crippen MR) is 183 cm³/mol. The van der Waals surface area contributed by atoms with Gasteiger partial charge in [-0.2, -0.15) is 0 Å². The van der Waals surface area contributed by atoms with Crippen molar-refractivity contribution in [1.29, 1.82) is 0 Å². The summed E-state index contributed by atoms with van der Waals surface area (Å²) in [5.41, 5.74) is -1.49. The van der Waals surface area contributed by atoms with Crippen LogP contribution in [0.3, 0.4) is 0 Å². The number of nitrogens with zero attached hydrogens (tertiary/aromatic N) is 1. The topological polar surface area (TPSA) is 94.2 Å². The van der Waals surface area contributed by atoms with Crippen molar-refractivity contribution in [2.24, 2.45) is 0 Å². The molecule has 0 fully saturated rings. The third-order valence-electron chi connectivity index (χ3n) is 6.83. The number of ether oxygens (including phenoxy) is 3. The predicted octanol–water partition coefficient (Wildman–Crippen LogP) is 5.29. The zero-order valence-corrected chi connectivity index (χ0v) is 28.5. The number of amides is 1.